The van der Waals surface area contributed by atoms with Gasteiger partial charge in [-0.2, -0.15) is 0 Å². The lowest BCUT2D eigenvalue weighted by Crippen LogP contribution is -2.28. The van der Waals surface area contributed by atoms with Crippen LogP contribution in [0.3, 0.4) is 0 Å². The molecular formula is C24H37Cl2NO4. The number of hydrogen-bond donors (Lipinski definition) is 1. The summed E-state index contributed by atoms with van der Waals surface area (Å²) in [5.41, 5.74) is 5.67. The normalized spacial score (nSPS) is 11.8. The molecule has 1 aromatic rings. The fraction of sp³-hybridized carbons (Fsp3) is 0.583. The van der Waals surface area contributed by atoms with Crippen LogP contribution < -0.4 is 15.0 Å². The van der Waals surface area contributed by atoms with Crippen LogP contribution in [0.25, 0.3) is 0 Å². The van der Waals surface area contributed by atoms with E-state index in [9.17, 15) is 0 Å². The maximum Gasteiger partial charge on any atom is 0.125 e. The number of allylic oxidation sites excluding steroid dienone is 1. The fourth-order valence-corrected chi connectivity index (χ4v) is 2.77. The third-order valence-electron chi connectivity index (χ3n) is 4.12. The summed E-state index contributed by atoms with van der Waals surface area (Å²) in [7, 11) is 0. The van der Waals surface area contributed by atoms with Crippen molar-refractivity contribution < 1.29 is 19.0 Å². The number of rotatable bonds is 14. The molecule has 0 atom stereocenters. The van der Waals surface area contributed by atoms with Gasteiger partial charge in [-0.05, 0) is 89.6 Å². The molecule has 0 spiro atoms. The molecule has 0 saturated carbocycles. The summed E-state index contributed by atoms with van der Waals surface area (Å²) in [5, 5.41) is 0. The van der Waals surface area contributed by atoms with Crippen LogP contribution in [-0.4, -0.2) is 25.4 Å². The lowest BCUT2D eigenvalue weighted by Gasteiger charge is -2.20. The van der Waals surface area contributed by atoms with Crippen molar-refractivity contribution in [3.8, 4) is 11.5 Å². The van der Waals surface area contributed by atoms with E-state index < -0.39 is 0 Å². The molecule has 31 heavy (non-hydrogen) atoms. The summed E-state index contributed by atoms with van der Waals surface area (Å²) in [6.45, 7) is 13.7. The Hall–Kier alpha value is -1.56. The maximum atomic E-state index is 6.08. The van der Waals surface area contributed by atoms with Crippen molar-refractivity contribution in [2.75, 3.05) is 19.8 Å². The van der Waals surface area contributed by atoms with Crippen molar-refractivity contribution in [3.63, 3.8) is 0 Å². The van der Waals surface area contributed by atoms with Gasteiger partial charge in [0.05, 0.1) is 24.5 Å². The first kappa shape index (κ1) is 27.5. The van der Waals surface area contributed by atoms with Crippen LogP contribution in [0, 0.1) is 6.92 Å². The van der Waals surface area contributed by atoms with E-state index in [0.29, 0.717) is 19.8 Å². The van der Waals surface area contributed by atoms with Crippen LogP contribution in [0.2, 0.25) is 0 Å². The van der Waals surface area contributed by atoms with Crippen LogP contribution in [-0.2, 0) is 16.0 Å². The van der Waals surface area contributed by atoms with Gasteiger partial charge in [0, 0.05) is 0 Å². The Morgan fingerprint density at radius 3 is 2.42 bits per heavy atom. The number of hydrogen-bond acceptors (Lipinski definition) is 5. The lowest BCUT2D eigenvalue weighted by atomic mass is 10.1. The maximum absolute atomic E-state index is 6.08. The zero-order valence-corrected chi connectivity index (χ0v) is 21.2. The molecule has 0 saturated heterocycles. The average Bonchev–Trinajstić information content (AvgIpc) is 2.68. The van der Waals surface area contributed by atoms with Gasteiger partial charge in [-0.25, -0.2) is 0 Å². The molecule has 0 aliphatic carbocycles. The Morgan fingerprint density at radius 1 is 1.06 bits per heavy atom. The minimum atomic E-state index is -0.242. The van der Waals surface area contributed by atoms with Crippen LogP contribution in [0.4, 0.5) is 0 Å². The number of benzene rings is 1. The molecule has 1 N–H and O–H groups in total. The van der Waals surface area contributed by atoms with E-state index in [-0.39, 0.29) is 10.1 Å². The van der Waals surface area contributed by atoms with Gasteiger partial charge >= 0.3 is 0 Å². The first-order valence-electron chi connectivity index (χ1n) is 10.7. The van der Waals surface area contributed by atoms with Crippen molar-refractivity contribution in [2.45, 2.75) is 72.8 Å². The highest BCUT2D eigenvalue weighted by Crippen LogP contribution is 2.30. The molecule has 0 aromatic heterocycles. The van der Waals surface area contributed by atoms with Gasteiger partial charge in [0.2, 0.25) is 0 Å². The highest BCUT2D eigenvalue weighted by molar-refractivity contribution is 6.55. The zero-order chi connectivity index (χ0) is 23.3. The number of ether oxygens (including phenoxy) is 3. The van der Waals surface area contributed by atoms with Gasteiger partial charge in [-0.15, -0.1) is 0 Å². The zero-order valence-electron chi connectivity index (χ0n) is 19.6. The van der Waals surface area contributed by atoms with E-state index in [1.165, 1.54) is 0 Å². The van der Waals surface area contributed by atoms with Crippen molar-refractivity contribution in [3.05, 3.63) is 45.8 Å². The molecule has 0 amide bonds. The molecule has 0 bridgehead atoms. The topological polar surface area (TPSA) is 49.0 Å². The number of nitrogens with one attached hydrogen (secondary N) is 1. The monoisotopic (exact) mass is 473 g/mol. The van der Waals surface area contributed by atoms with E-state index in [1.54, 1.807) is 12.3 Å². The van der Waals surface area contributed by atoms with Gasteiger partial charge < -0.3 is 14.2 Å². The molecule has 0 aliphatic rings. The van der Waals surface area contributed by atoms with Crippen LogP contribution >= 0.6 is 23.2 Å². The molecule has 0 aliphatic heterocycles. The third-order valence-corrected chi connectivity index (χ3v) is 4.43. The van der Waals surface area contributed by atoms with Crippen molar-refractivity contribution in [1.29, 1.82) is 0 Å². The van der Waals surface area contributed by atoms with Crippen LogP contribution in [0.15, 0.2) is 34.7 Å². The summed E-state index contributed by atoms with van der Waals surface area (Å²) >= 11 is 11.2. The second-order valence-electron chi connectivity index (χ2n) is 8.28. The molecule has 7 heteroatoms. The SMILES string of the molecule is CCc1cc(OCC=C(Cl)Cl)cc(C)c1OCCCCCOC=C(C)NOC(C)(C)C. The van der Waals surface area contributed by atoms with Crippen LogP contribution in [0.5, 0.6) is 11.5 Å². The number of unbranched alkanes of at least 4 members (excludes halogenated alkanes) is 2. The fourth-order valence-electron chi connectivity index (χ4n) is 2.64. The Kier molecular flexibility index (Phi) is 12.8. The first-order chi connectivity index (χ1) is 14.6. The smallest absolute Gasteiger partial charge is 0.125 e. The van der Waals surface area contributed by atoms with Gasteiger partial charge in [0.1, 0.15) is 28.9 Å². The molecule has 0 radical (unpaired) electrons. The van der Waals surface area contributed by atoms with Gasteiger partial charge in [0.25, 0.3) is 0 Å². The van der Waals surface area contributed by atoms with Crippen LogP contribution in [0.1, 0.15) is 65.0 Å². The second kappa shape index (κ2) is 14.5. The number of halogens is 2. The van der Waals surface area contributed by atoms with Crippen molar-refractivity contribution >= 4 is 23.2 Å². The van der Waals surface area contributed by atoms with E-state index in [1.807, 2.05) is 46.8 Å². The molecule has 176 valence electrons. The quantitative estimate of drug-likeness (QED) is 0.179. The summed E-state index contributed by atoms with van der Waals surface area (Å²) in [4.78, 5) is 5.47. The molecule has 0 unspecified atom stereocenters. The Labute approximate surface area is 197 Å². The summed E-state index contributed by atoms with van der Waals surface area (Å²) in [6, 6.07) is 3.99. The minimum absolute atomic E-state index is 0.204. The van der Waals surface area contributed by atoms with E-state index in [0.717, 1.165) is 54.0 Å². The largest absolute Gasteiger partial charge is 0.499 e. The predicted octanol–water partition coefficient (Wildman–Crippen LogP) is 7.00. The Balaban J connectivity index is 2.33. The molecule has 5 nitrogen and oxygen atoms in total. The highest BCUT2D eigenvalue weighted by Gasteiger charge is 2.10. The lowest BCUT2D eigenvalue weighted by molar-refractivity contribution is -0.0589. The molecule has 0 heterocycles. The highest BCUT2D eigenvalue weighted by atomic mass is 35.5. The van der Waals surface area contributed by atoms with E-state index >= 15 is 0 Å². The number of hydroxylamine groups is 1. The molecular weight excluding hydrogens is 437 g/mol. The van der Waals surface area contributed by atoms with Crippen molar-refractivity contribution in [2.24, 2.45) is 0 Å². The Bertz CT molecular complexity index is 723. The van der Waals surface area contributed by atoms with E-state index in [2.05, 4.69) is 12.4 Å². The standard InChI is InChI=1S/C24H37Cl2NO4/c1-7-20-16-21(29-14-11-22(25)26)15-18(2)23(20)30-13-10-8-9-12-28-17-19(3)27-31-24(4,5)6/h11,15-17,27H,7-10,12-14H2,1-6H3. The predicted molar refractivity (Wildman–Crippen MR) is 129 cm³/mol. The van der Waals surface area contributed by atoms with Gasteiger partial charge in [-0.3, -0.25) is 10.3 Å². The summed E-state index contributed by atoms with van der Waals surface area (Å²) in [5.74, 6) is 1.73. The number of aryl methyl sites for hydroxylation is 2. The van der Waals surface area contributed by atoms with E-state index in [4.69, 9.17) is 42.3 Å². The first-order valence-corrected chi connectivity index (χ1v) is 11.5. The second-order valence-corrected chi connectivity index (χ2v) is 9.29. The third kappa shape index (κ3) is 12.8. The summed E-state index contributed by atoms with van der Waals surface area (Å²) in [6.07, 6.45) is 7.15. The molecule has 1 aromatic carbocycles. The minimum Gasteiger partial charge on any atom is -0.499 e. The summed E-state index contributed by atoms with van der Waals surface area (Å²) < 4.78 is 17.5. The van der Waals surface area contributed by atoms with Gasteiger partial charge in [0.15, 0.2) is 0 Å². The molecule has 1 rings (SSSR count). The van der Waals surface area contributed by atoms with Crippen molar-refractivity contribution in [1.82, 2.24) is 5.48 Å². The Morgan fingerprint density at radius 2 is 1.77 bits per heavy atom. The average molecular weight is 474 g/mol. The van der Waals surface area contributed by atoms with Gasteiger partial charge in [-0.1, -0.05) is 30.1 Å². The molecule has 0 fully saturated rings.